The second-order valence-electron chi connectivity index (χ2n) is 6.07. The SMILES string of the molecule is CC(C)COC(=O)N1CCCNCC1Cc1ccccc1. The Morgan fingerprint density at radius 3 is 2.86 bits per heavy atom. The number of carbonyl (C=O) groups excluding carboxylic acids is 1. The van der Waals surface area contributed by atoms with E-state index in [2.05, 4.69) is 31.3 Å². The molecule has 1 amide bonds. The highest BCUT2D eigenvalue weighted by Crippen LogP contribution is 2.13. The van der Waals surface area contributed by atoms with Crippen LogP contribution >= 0.6 is 0 Å². The molecule has 1 N–H and O–H groups in total. The van der Waals surface area contributed by atoms with Crippen molar-refractivity contribution in [3.05, 3.63) is 35.9 Å². The highest BCUT2D eigenvalue weighted by molar-refractivity contribution is 5.68. The van der Waals surface area contributed by atoms with Gasteiger partial charge in [0, 0.05) is 13.1 Å². The van der Waals surface area contributed by atoms with E-state index in [9.17, 15) is 4.79 Å². The normalized spacial score (nSPS) is 19.4. The summed E-state index contributed by atoms with van der Waals surface area (Å²) in [6.45, 7) is 7.14. The first-order valence-corrected chi connectivity index (χ1v) is 7.85. The quantitative estimate of drug-likeness (QED) is 0.927. The van der Waals surface area contributed by atoms with Crippen molar-refractivity contribution in [2.75, 3.05) is 26.2 Å². The average Bonchev–Trinajstić information content (AvgIpc) is 2.71. The Hall–Kier alpha value is -1.55. The Balaban J connectivity index is 2.01. The molecular weight excluding hydrogens is 264 g/mol. The molecule has 0 radical (unpaired) electrons. The molecule has 0 saturated carbocycles. The van der Waals surface area contributed by atoms with E-state index < -0.39 is 0 Å². The molecule has 1 aromatic rings. The summed E-state index contributed by atoms with van der Waals surface area (Å²) < 4.78 is 5.43. The maximum atomic E-state index is 12.3. The number of benzene rings is 1. The van der Waals surface area contributed by atoms with Crippen LogP contribution in [0.2, 0.25) is 0 Å². The summed E-state index contributed by atoms with van der Waals surface area (Å²) in [5.41, 5.74) is 1.26. The van der Waals surface area contributed by atoms with Gasteiger partial charge in [-0.05, 0) is 30.9 Å². The van der Waals surface area contributed by atoms with Gasteiger partial charge >= 0.3 is 6.09 Å². The lowest BCUT2D eigenvalue weighted by atomic mass is 10.1. The number of hydrogen-bond acceptors (Lipinski definition) is 3. The third-order valence-electron chi connectivity index (χ3n) is 3.66. The first-order valence-electron chi connectivity index (χ1n) is 7.85. The van der Waals surface area contributed by atoms with E-state index in [4.69, 9.17) is 4.74 Å². The predicted molar refractivity (Wildman–Crippen MR) is 84.3 cm³/mol. The largest absolute Gasteiger partial charge is 0.449 e. The van der Waals surface area contributed by atoms with Gasteiger partial charge in [-0.2, -0.15) is 0 Å². The highest BCUT2D eigenvalue weighted by Gasteiger charge is 2.26. The molecule has 21 heavy (non-hydrogen) atoms. The molecule has 1 aromatic carbocycles. The molecule has 1 fully saturated rings. The molecule has 0 spiro atoms. The van der Waals surface area contributed by atoms with Gasteiger partial charge in [0.05, 0.1) is 12.6 Å². The molecule has 0 bridgehead atoms. The van der Waals surface area contributed by atoms with Crippen molar-refractivity contribution in [1.82, 2.24) is 10.2 Å². The van der Waals surface area contributed by atoms with Gasteiger partial charge < -0.3 is 15.0 Å². The van der Waals surface area contributed by atoms with Gasteiger partial charge in [0.2, 0.25) is 0 Å². The van der Waals surface area contributed by atoms with Crippen molar-refractivity contribution in [2.45, 2.75) is 32.7 Å². The van der Waals surface area contributed by atoms with E-state index >= 15 is 0 Å². The molecular formula is C17H26N2O2. The lowest BCUT2D eigenvalue weighted by Crippen LogP contribution is -2.45. The molecule has 0 aromatic heterocycles. The van der Waals surface area contributed by atoms with Crippen LogP contribution in [-0.4, -0.2) is 43.3 Å². The summed E-state index contributed by atoms with van der Waals surface area (Å²) in [5.74, 6) is 0.367. The fourth-order valence-electron chi connectivity index (χ4n) is 2.57. The van der Waals surface area contributed by atoms with E-state index in [1.165, 1.54) is 5.56 Å². The predicted octanol–water partition coefficient (Wildman–Crippen LogP) is 2.69. The van der Waals surface area contributed by atoms with E-state index in [0.29, 0.717) is 12.5 Å². The lowest BCUT2D eigenvalue weighted by Gasteiger charge is -2.29. The van der Waals surface area contributed by atoms with Gasteiger partial charge in [-0.15, -0.1) is 0 Å². The molecule has 1 heterocycles. The maximum absolute atomic E-state index is 12.3. The lowest BCUT2D eigenvalue weighted by molar-refractivity contribution is 0.0797. The zero-order valence-electron chi connectivity index (χ0n) is 13.0. The van der Waals surface area contributed by atoms with Crippen LogP contribution in [0.15, 0.2) is 30.3 Å². The molecule has 0 aliphatic carbocycles. The third kappa shape index (κ3) is 5.05. The third-order valence-corrected chi connectivity index (χ3v) is 3.66. The van der Waals surface area contributed by atoms with Crippen LogP contribution in [0.5, 0.6) is 0 Å². The number of nitrogens with one attached hydrogen (secondary N) is 1. The van der Waals surface area contributed by atoms with Crippen molar-refractivity contribution in [3.63, 3.8) is 0 Å². The molecule has 1 unspecified atom stereocenters. The summed E-state index contributed by atoms with van der Waals surface area (Å²) in [5, 5.41) is 3.42. The summed E-state index contributed by atoms with van der Waals surface area (Å²) >= 11 is 0. The maximum Gasteiger partial charge on any atom is 0.410 e. The minimum absolute atomic E-state index is 0.162. The fourth-order valence-corrected chi connectivity index (χ4v) is 2.57. The summed E-state index contributed by atoms with van der Waals surface area (Å²) in [7, 11) is 0. The first kappa shape index (κ1) is 15.8. The molecule has 4 heteroatoms. The Labute approximate surface area is 127 Å². The second kappa shape index (κ2) is 8.03. The number of ether oxygens (including phenoxy) is 1. The van der Waals surface area contributed by atoms with Crippen molar-refractivity contribution < 1.29 is 9.53 Å². The number of nitrogens with zero attached hydrogens (tertiary/aromatic N) is 1. The van der Waals surface area contributed by atoms with Crippen molar-refractivity contribution in [2.24, 2.45) is 5.92 Å². The van der Waals surface area contributed by atoms with Gasteiger partial charge in [0.25, 0.3) is 0 Å². The molecule has 2 rings (SSSR count). The highest BCUT2D eigenvalue weighted by atomic mass is 16.6. The summed E-state index contributed by atoms with van der Waals surface area (Å²) in [6.07, 6.45) is 1.67. The van der Waals surface area contributed by atoms with Crippen LogP contribution in [-0.2, 0) is 11.2 Å². The zero-order chi connectivity index (χ0) is 15.1. The molecule has 4 nitrogen and oxygen atoms in total. The monoisotopic (exact) mass is 290 g/mol. The van der Waals surface area contributed by atoms with E-state index in [0.717, 1.165) is 32.5 Å². The van der Waals surface area contributed by atoms with Gasteiger partial charge in [-0.3, -0.25) is 0 Å². The van der Waals surface area contributed by atoms with E-state index in [1.807, 2.05) is 23.1 Å². The number of hydrogen-bond donors (Lipinski definition) is 1. The van der Waals surface area contributed by atoms with E-state index in [-0.39, 0.29) is 12.1 Å². The van der Waals surface area contributed by atoms with Crippen molar-refractivity contribution in [3.8, 4) is 0 Å². The molecule has 1 aliphatic heterocycles. The fraction of sp³-hybridized carbons (Fsp3) is 0.588. The summed E-state index contributed by atoms with van der Waals surface area (Å²) in [4.78, 5) is 14.2. The van der Waals surface area contributed by atoms with Gasteiger partial charge in [0.1, 0.15) is 0 Å². The molecule has 1 atom stereocenters. The van der Waals surface area contributed by atoms with Crippen LogP contribution in [0.4, 0.5) is 4.79 Å². The number of rotatable bonds is 4. The number of amides is 1. The Kier molecular flexibility index (Phi) is 6.05. The van der Waals surface area contributed by atoms with Gasteiger partial charge in [-0.1, -0.05) is 44.2 Å². The Morgan fingerprint density at radius 2 is 2.14 bits per heavy atom. The minimum atomic E-state index is -0.173. The van der Waals surface area contributed by atoms with Crippen LogP contribution in [0.3, 0.4) is 0 Å². The van der Waals surface area contributed by atoms with Crippen LogP contribution < -0.4 is 5.32 Å². The minimum Gasteiger partial charge on any atom is -0.449 e. The molecule has 1 saturated heterocycles. The van der Waals surface area contributed by atoms with E-state index in [1.54, 1.807) is 0 Å². The summed E-state index contributed by atoms with van der Waals surface area (Å²) in [6, 6.07) is 10.5. The smallest absolute Gasteiger partial charge is 0.410 e. The van der Waals surface area contributed by atoms with Crippen LogP contribution in [0.1, 0.15) is 25.8 Å². The van der Waals surface area contributed by atoms with Gasteiger partial charge in [0.15, 0.2) is 0 Å². The van der Waals surface area contributed by atoms with Gasteiger partial charge in [-0.25, -0.2) is 4.79 Å². The van der Waals surface area contributed by atoms with Crippen LogP contribution in [0.25, 0.3) is 0 Å². The molecule has 1 aliphatic rings. The topological polar surface area (TPSA) is 41.6 Å². The number of carbonyl (C=O) groups is 1. The first-order chi connectivity index (χ1) is 10.2. The standard InChI is InChI=1S/C17H26N2O2/c1-14(2)13-21-17(20)19-10-6-9-18-12-16(19)11-15-7-4-3-5-8-15/h3-5,7-8,14,16,18H,6,9-13H2,1-2H3. The van der Waals surface area contributed by atoms with Crippen LogP contribution in [0, 0.1) is 5.92 Å². The zero-order valence-corrected chi connectivity index (χ0v) is 13.0. The second-order valence-corrected chi connectivity index (χ2v) is 6.07. The van der Waals surface area contributed by atoms with Crippen molar-refractivity contribution in [1.29, 1.82) is 0 Å². The van der Waals surface area contributed by atoms with Crippen molar-refractivity contribution >= 4 is 6.09 Å². The average molecular weight is 290 g/mol. The Bertz CT molecular complexity index is 434. The Morgan fingerprint density at radius 1 is 1.38 bits per heavy atom. The molecule has 116 valence electrons.